The van der Waals surface area contributed by atoms with Crippen molar-refractivity contribution >= 4 is 46.6 Å². The molecule has 3 aromatic rings. The number of nitrogens with one attached hydrogen (secondary N) is 2. The Morgan fingerprint density at radius 3 is 2.41 bits per heavy atom. The van der Waals surface area contributed by atoms with Crippen molar-refractivity contribution in [3.63, 3.8) is 0 Å². The number of carbonyl (C=O) groups is 3. The van der Waals surface area contributed by atoms with Crippen molar-refractivity contribution in [2.75, 3.05) is 5.32 Å². The van der Waals surface area contributed by atoms with E-state index in [1.807, 2.05) is 0 Å². The molecule has 10 heteroatoms. The summed E-state index contributed by atoms with van der Waals surface area (Å²) in [4.78, 5) is 40.4. The Morgan fingerprint density at radius 1 is 1.05 bits per heavy atom. The van der Waals surface area contributed by atoms with E-state index in [9.17, 15) is 18.8 Å². The van der Waals surface area contributed by atoms with Gasteiger partial charge in [0.1, 0.15) is 17.0 Å². The molecule has 7 nitrogen and oxygen atoms in total. The van der Waals surface area contributed by atoms with Crippen molar-refractivity contribution < 1.29 is 23.5 Å². The van der Waals surface area contributed by atoms with Crippen LogP contribution in [0.25, 0.3) is 0 Å². The topological polar surface area (TPSA) is 111 Å². The number of anilines is 1. The van der Waals surface area contributed by atoms with Crippen LogP contribution < -0.4 is 21.1 Å². The third-order valence-electron chi connectivity index (χ3n) is 8.55. The summed E-state index contributed by atoms with van der Waals surface area (Å²) in [5.41, 5.74) is 5.70. The van der Waals surface area contributed by atoms with Gasteiger partial charge >= 0.3 is 0 Å². The van der Waals surface area contributed by atoms with Crippen molar-refractivity contribution in [2.45, 2.75) is 63.0 Å². The minimum atomic E-state index is -1.46. The number of halogens is 3. The van der Waals surface area contributed by atoms with Crippen LogP contribution in [0.4, 0.5) is 10.1 Å². The Kier molecular flexibility index (Phi) is 7.51. The molecule has 41 heavy (non-hydrogen) atoms. The van der Waals surface area contributed by atoms with Crippen molar-refractivity contribution in [2.24, 2.45) is 5.73 Å². The summed E-state index contributed by atoms with van der Waals surface area (Å²) >= 11 is 12.8. The number of primary amides is 1. The van der Waals surface area contributed by atoms with E-state index in [-0.39, 0.29) is 18.1 Å². The first-order valence-electron chi connectivity index (χ1n) is 13.4. The first kappa shape index (κ1) is 28.9. The molecule has 1 spiro atoms. The first-order valence-corrected chi connectivity index (χ1v) is 14.2. The van der Waals surface area contributed by atoms with E-state index in [1.54, 1.807) is 63.2 Å². The summed E-state index contributed by atoms with van der Waals surface area (Å²) in [6.07, 6.45) is 0.479. The maximum absolute atomic E-state index is 14.7. The molecule has 0 saturated carbocycles. The second-order valence-electron chi connectivity index (χ2n) is 10.6. The summed E-state index contributed by atoms with van der Waals surface area (Å²) < 4.78 is 21.1. The SMILES string of the molecule is CCC(CC)(Oc1ccc(Cl)cc1C1CC(=O)NC(c2cc(F)ccc2C)C12C(=O)Nc1cc(Cl)ccc12)C(N)=O. The minimum Gasteiger partial charge on any atom is -0.477 e. The number of ether oxygens (including phenoxy) is 1. The van der Waals surface area contributed by atoms with Crippen LogP contribution in [0, 0.1) is 12.7 Å². The molecule has 4 N–H and O–H groups in total. The Balaban J connectivity index is 1.82. The average Bonchev–Trinajstić information content (AvgIpc) is 3.21. The van der Waals surface area contributed by atoms with Gasteiger partial charge in [-0.15, -0.1) is 0 Å². The number of amides is 3. The van der Waals surface area contributed by atoms with Crippen molar-refractivity contribution in [1.82, 2.24) is 5.32 Å². The molecule has 0 aliphatic carbocycles. The number of hydrogen-bond donors (Lipinski definition) is 3. The number of nitrogens with two attached hydrogens (primary N) is 1. The summed E-state index contributed by atoms with van der Waals surface area (Å²) in [7, 11) is 0. The van der Waals surface area contributed by atoms with Crippen molar-refractivity contribution in [1.29, 1.82) is 0 Å². The highest BCUT2D eigenvalue weighted by Gasteiger charge is 2.62. The zero-order valence-electron chi connectivity index (χ0n) is 22.8. The van der Waals surface area contributed by atoms with Gasteiger partial charge in [0.25, 0.3) is 5.91 Å². The third kappa shape index (κ3) is 4.63. The smallest absolute Gasteiger partial charge is 0.261 e. The number of aryl methyl sites for hydroxylation is 1. The van der Waals surface area contributed by atoms with E-state index in [1.165, 1.54) is 12.1 Å². The Labute approximate surface area is 247 Å². The van der Waals surface area contributed by atoms with Crippen LogP contribution in [0.2, 0.25) is 10.0 Å². The van der Waals surface area contributed by atoms with Gasteiger partial charge in [-0.3, -0.25) is 14.4 Å². The largest absolute Gasteiger partial charge is 0.477 e. The van der Waals surface area contributed by atoms with Gasteiger partial charge in [0.15, 0.2) is 5.60 Å². The number of fused-ring (bicyclic) bond motifs is 2. The Bertz CT molecular complexity index is 1570. The lowest BCUT2D eigenvalue weighted by atomic mass is 9.59. The fourth-order valence-corrected chi connectivity index (χ4v) is 6.68. The van der Waals surface area contributed by atoms with Gasteiger partial charge in [0, 0.05) is 33.6 Å². The molecule has 0 radical (unpaired) electrons. The summed E-state index contributed by atoms with van der Waals surface area (Å²) in [5, 5.41) is 6.71. The van der Waals surface area contributed by atoms with Gasteiger partial charge in [-0.2, -0.15) is 0 Å². The zero-order valence-corrected chi connectivity index (χ0v) is 24.3. The molecule has 3 unspecified atom stereocenters. The maximum Gasteiger partial charge on any atom is 0.261 e. The van der Waals surface area contributed by atoms with Crippen LogP contribution in [0.5, 0.6) is 5.75 Å². The highest BCUT2D eigenvalue weighted by molar-refractivity contribution is 6.31. The molecular weight excluding hydrogens is 568 g/mol. The molecule has 1 saturated heterocycles. The molecule has 5 rings (SSSR count). The average molecular weight is 599 g/mol. The highest BCUT2D eigenvalue weighted by atomic mass is 35.5. The number of hydrogen-bond acceptors (Lipinski definition) is 4. The third-order valence-corrected chi connectivity index (χ3v) is 9.02. The maximum atomic E-state index is 14.7. The first-order chi connectivity index (χ1) is 19.5. The second kappa shape index (κ2) is 10.7. The van der Waals surface area contributed by atoms with Gasteiger partial charge in [0.05, 0.1) is 6.04 Å². The number of carbonyl (C=O) groups excluding carboxylic acids is 3. The molecule has 3 aromatic carbocycles. The molecular formula is C31H30Cl2FN3O4. The van der Waals surface area contributed by atoms with Gasteiger partial charge in [-0.25, -0.2) is 4.39 Å². The monoisotopic (exact) mass is 597 g/mol. The highest BCUT2D eigenvalue weighted by Crippen LogP contribution is 2.59. The van der Waals surface area contributed by atoms with Crippen LogP contribution in [-0.4, -0.2) is 23.3 Å². The fourth-order valence-electron chi connectivity index (χ4n) is 6.33. The molecule has 1 fully saturated rings. The van der Waals surface area contributed by atoms with Crippen molar-refractivity contribution in [3.8, 4) is 5.75 Å². The fraction of sp³-hybridized carbons (Fsp3) is 0.323. The molecule has 214 valence electrons. The molecule has 3 atom stereocenters. The van der Waals surface area contributed by atoms with E-state index in [0.29, 0.717) is 50.8 Å². The predicted molar refractivity (Wildman–Crippen MR) is 156 cm³/mol. The Hall–Kier alpha value is -3.62. The van der Waals surface area contributed by atoms with E-state index in [0.717, 1.165) is 0 Å². The molecule has 2 aliphatic rings. The van der Waals surface area contributed by atoms with E-state index < -0.39 is 40.6 Å². The molecule has 3 amide bonds. The van der Waals surface area contributed by atoms with E-state index in [4.69, 9.17) is 33.7 Å². The van der Waals surface area contributed by atoms with Crippen LogP contribution in [0.1, 0.15) is 67.3 Å². The second-order valence-corrected chi connectivity index (χ2v) is 11.5. The normalized spacial score (nSPS) is 21.8. The van der Waals surface area contributed by atoms with Crippen LogP contribution in [-0.2, 0) is 19.8 Å². The standard InChI is InChI=1S/C31H30Cl2FN3O4/c1-4-30(5-2,28(35)39)41-25-11-8-17(32)12-21(25)23-15-26(38)37-27(20-14-19(34)9-6-16(20)3)31(23)22-10-7-18(33)13-24(22)36-29(31)40/h6-14,23,27H,4-5,15H2,1-3H3,(H2,35,39)(H,36,40)(H,37,38). The number of rotatable bonds is 7. The molecule has 2 aliphatic heterocycles. The van der Waals surface area contributed by atoms with Gasteiger partial charge in [0.2, 0.25) is 11.8 Å². The predicted octanol–water partition coefficient (Wildman–Crippen LogP) is 6.10. The lowest BCUT2D eigenvalue weighted by molar-refractivity contribution is -0.135. The van der Waals surface area contributed by atoms with Gasteiger partial charge in [-0.1, -0.05) is 49.2 Å². The van der Waals surface area contributed by atoms with Gasteiger partial charge < -0.3 is 21.1 Å². The van der Waals surface area contributed by atoms with Crippen molar-refractivity contribution in [3.05, 3.63) is 92.7 Å². The van der Waals surface area contributed by atoms with Crippen LogP contribution in [0.15, 0.2) is 54.6 Å². The molecule has 0 bridgehead atoms. The van der Waals surface area contributed by atoms with Crippen LogP contribution >= 0.6 is 23.2 Å². The van der Waals surface area contributed by atoms with E-state index in [2.05, 4.69) is 10.6 Å². The molecule has 0 aromatic heterocycles. The lowest BCUT2D eigenvalue weighted by Crippen LogP contribution is -2.57. The van der Waals surface area contributed by atoms with Crippen LogP contribution in [0.3, 0.4) is 0 Å². The Morgan fingerprint density at radius 2 is 1.73 bits per heavy atom. The summed E-state index contributed by atoms with van der Waals surface area (Å²) in [6.45, 7) is 5.39. The number of benzene rings is 3. The van der Waals surface area contributed by atoms with E-state index >= 15 is 0 Å². The minimum absolute atomic E-state index is 0.112. The lowest BCUT2D eigenvalue weighted by Gasteiger charge is -2.47. The number of piperidine rings is 1. The summed E-state index contributed by atoms with van der Waals surface area (Å²) in [5.74, 6) is -2.43. The summed E-state index contributed by atoms with van der Waals surface area (Å²) in [6, 6.07) is 13.3. The zero-order chi connectivity index (χ0) is 29.7. The quantitative estimate of drug-likeness (QED) is 0.305. The molecule has 2 heterocycles. The van der Waals surface area contributed by atoms with Gasteiger partial charge in [-0.05, 0) is 78.9 Å².